The first-order chi connectivity index (χ1) is 8.81. The van der Waals surface area contributed by atoms with Gasteiger partial charge >= 0.3 is 0 Å². The third-order valence-corrected chi connectivity index (χ3v) is 3.00. The number of aromatic nitrogens is 2. The van der Waals surface area contributed by atoms with Gasteiger partial charge in [-0.2, -0.15) is 10.2 Å². The van der Waals surface area contributed by atoms with Gasteiger partial charge in [0.15, 0.2) is 0 Å². The molecule has 0 amide bonds. The van der Waals surface area contributed by atoms with Gasteiger partial charge in [-0.05, 0) is 45.0 Å². The van der Waals surface area contributed by atoms with E-state index in [-0.39, 0.29) is 0 Å². The zero-order valence-corrected chi connectivity index (χ0v) is 11.0. The molecule has 0 spiro atoms. The molecule has 3 heteroatoms. The molecule has 0 fully saturated rings. The van der Waals surface area contributed by atoms with Gasteiger partial charge in [-0.25, -0.2) is 0 Å². The summed E-state index contributed by atoms with van der Waals surface area (Å²) in [6, 6.07) is 12.3. The molecule has 2 rings (SSSR count). The molecule has 18 heavy (non-hydrogen) atoms. The Morgan fingerprint density at radius 2 is 1.89 bits per heavy atom. The summed E-state index contributed by atoms with van der Waals surface area (Å²) in [6.07, 6.45) is 2.07. The molecule has 0 aliphatic rings. The van der Waals surface area contributed by atoms with Crippen LogP contribution in [0.3, 0.4) is 0 Å². The number of hydrogen-bond donors (Lipinski definition) is 1. The van der Waals surface area contributed by atoms with E-state index in [1.807, 2.05) is 25.2 Å². The summed E-state index contributed by atoms with van der Waals surface area (Å²) in [5, 5.41) is 11.8. The molecule has 1 aromatic heterocycles. The Labute approximate surface area is 108 Å². The average Bonchev–Trinajstić information content (AvgIpc) is 2.42. The van der Waals surface area contributed by atoms with E-state index in [9.17, 15) is 0 Å². The lowest BCUT2D eigenvalue weighted by atomic mass is 10.1. The molecule has 0 bridgehead atoms. The molecule has 3 nitrogen and oxygen atoms in total. The van der Waals surface area contributed by atoms with Crippen molar-refractivity contribution < 1.29 is 0 Å². The van der Waals surface area contributed by atoms with Crippen molar-refractivity contribution in [1.82, 2.24) is 15.5 Å². The maximum absolute atomic E-state index is 4.35. The third-order valence-electron chi connectivity index (χ3n) is 3.00. The van der Waals surface area contributed by atoms with E-state index in [0.717, 1.165) is 36.3 Å². The predicted octanol–water partition coefficient (Wildman–Crippen LogP) is 2.60. The Hall–Kier alpha value is -1.74. The van der Waals surface area contributed by atoms with Crippen molar-refractivity contribution in [2.75, 3.05) is 13.6 Å². The summed E-state index contributed by atoms with van der Waals surface area (Å²) in [6.45, 7) is 3.12. The molecule has 0 unspecified atom stereocenters. The van der Waals surface area contributed by atoms with Crippen molar-refractivity contribution in [2.45, 2.75) is 19.8 Å². The maximum atomic E-state index is 4.35. The van der Waals surface area contributed by atoms with Crippen molar-refractivity contribution in [3.8, 4) is 11.3 Å². The molecule has 0 atom stereocenters. The lowest BCUT2D eigenvalue weighted by Gasteiger charge is -2.06. The van der Waals surface area contributed by atoms with Crippen molar-refractivity contribution in [3.63, 3.8) is 0 Å². The highest BCUT2D eigenvalue weighted by atomic mass is 15.1. The van der Waals surface area contributed by atoms with Gasteiger partial charge in [-0.1, -0.05) is 30.3 Å². The number of nitrogens with one attached hydrogen (secondary N) is 1. The topological polar surface area (TPSA) is 37.8 Å². The zero-order valence-electron chi connectivity index (χ0n) is 11.0. The van der Waals surface area contributed by atoms with Gasteiger partial charge in [0.2, 0.25) is 0 Å². The normalized spacial score (nSPS) is 10.6. The summed E-state index contributed by atoms with van der Waals surface area (Å²) >= 11 is 0. The monoisotopic (exact) mass is 241 g/mol. The highest BCUT2D eigenvalue weighted by molar-refractivity contribution is 5.59. The van der Waals surface area contributed by atoms with E-state index < -0.39 is 0 Å². The van der Waals surface area contributed by atoms with Crippen LogP contribution in [0.15, 0.2) is 36.4 Å². The second-order valence-corrected chi connectivity index (χ2v) is 4.43. The zero-order chi connectivity index (χ0) is 12.8. The van der Waals surface area contributed by atoms with Crippen LogP contribution in [0.25, 0.3) is 11.3 Å². The van der Waals surface area contributed by atoms with Crippen molar-refractivity contribution in [3.05, 3.63) is 47.7 Å². The number of hydrogen-bond acceptors (Lipinski definition) is 3. The Bertz CT molecular complexity index is 494. The number of rotatable bonds is 5. The van der Waals surface area contributed by atoms with Gasteiger partial charge in [0.05, 0.1) is 11.4 Å². The smallest absolute Gasteiger partial charge is 0.0932 e. The van der Waals surface area contributed by atoms with Crippen LogP contribution in [0, 0.1) is 6.92 Å². The van der Waals surface area contributed by atoms with E-state index >= 15 is 0 Å². The first kappa shape index (κ1) is 12.7. The highest BCUT2D eigenvalue weighted by Gasteiger charge is 2.04. The molecule has 0 radical (unpaired) electrons. The van der Waals surface area contributed by atoms with Gasteiger partial charge < -0.3 is 5.32 Å². The number of nitrogens with zero attached hydrogens (tertiary/aromatic N) is 2. The van der Waals surface area contributed by atoms with Crippen LogP contribution >= 0.6 is 0 Å². The van der Waals surface area contributed by atoms with Crippen LogP contribution in [-0.2, 0) is 6.42 Å². The quantitative estimate of drug-likeness (QED) is 0.818. The predicted molar refractivity (Wildman–Crippen MR) is 74.5 cm³/mol. The fraction of sp³-hybridized carbons (Fsp3) is 0.333. The van der Waals surface area contributed by atoms with Crippen molar-refractivity contribution in [1.29, 1.82) is 0 Å². The van der Waals surface area contributed by atoms with E-state index in [1.165, 1.54) is 5.56 Å². The molecule has 0 saturated carbocycles. The van der Waals surface area contributed by atoms with Gasteiger partial charge in [0.1, 0.15) is 0 Å². The first-order valence-electron chi connectivity index (χ1n) is 6.34. The standard InChI is InChI=1S/C15H19N3/c1-12-11-15(13-7-4-3-5-8-13)18-17-14(12)9-6-10-16-2/h3-5,7-8,11,16H,6,9-10H2,1-2H3. The van der Waals surface area contributed by atoms with Gasteiger partial charge in [0, 0.05) is 5.56 Å². The minimum Gasteiger partial charge on any atom is -0.320 e. The van der Waals surface area contributed by atoms with Gasteiger partial charge in [-0.3, -0.25) is 0 Å². The van der Waals surface area contributed by atoms with Crippen LogP contribution in [0.5, 0.6) is 0 Å². The fourth-order valence-corrected chi connectivity index (χ4v) is 1.94. The third kappa shape index (κ3) is 3.14. The second kappa shape index (κ2) is 6.26. The van der Waals surface area contributed by atoms with Crippen LogP contribution in [0.2, 0.25) is 0 Å². The van der Waals surface area contributed by atoms with Crippen LogP contribution in [0.4, 0.5) is 0 Å². The summed E-state index contributed by atoms with van der Waals surface area (Å²) in [5.74, 6) is 0. The van der Waals surface area contributed by atoms with Gasteiger partial charge in [-0.15, -0.1) is 0 Å². The lowest BCUT2D eigenvalue weighted by molar-refractivity contribution is 0.705. The van der Waals surface area contributed by atoms with E-state index in [1.54, 1.807) is 0 Å². The average molecular weight is 241 g/mol. The largest absolute Gasteiger partial charge is 0.320 e. The fourth-order valence-electron chi connectivity index (χ4n) is 1.94. The molecule has 0 saturated heterocycles. The van der Waals surface area contributed by atoms with Crippen molar-refractivity contribution >= 4 is 0 Å². The summed E-state index contributed by atoms with van der Waals surface area (Å²) in [5.41, 5.74) is 4.39. The Morgan fingerprint density at radius 1 is 1.11 bits per heavy atom. The number of benzene rings is 1. The van der Waals surface area contributed by atoms with Crippen LogP contribution < -0.4 is 5.32 Å². The molecule has 1 N–H and O–H groups in total. The number of aryl methyl sites for hydroxylation is 2. The maximum Gasteiger partial charge on any atom is 0.0932 e. The highest BCUT2D eigenvalue weighted by Crippen LogP contribution is 2.18. The first-order valence-corrected chi connectivity index (χ1v) is 6.34. The van der Waals surface area contributed by atoms with E-state index in [0.29, 0.717) is 0 Å². The van der Waals surface area contributed by atoms with E-state index in [4.69, 9.17) is 0 Å². The summed E-state index contributed by atoms with van der Waals surface area (Å²) in [4.78, 5) is 0. The van der Waals surface area contributed by atoms with Crippen LogP contribution in [-0.4, -0.2) is 23.8 Å². The Kier molecular flexibility index (Phi) is 4.42. The molecule has 0 aliphatic carbocycles. The SMILES string of the molecule is CNCCCc1nnc(-c2ccccc2)cc1C. The van der Waals surface area contributed by atoms with Crippen molar-refractivity contribution in [2.24, 2.45) is 0 Å². The minimum absolute atomic E-state index is 0.950. The molecular formula is C15H19N3. The Balaban J connectivity index is 2.15. The van der Waals surface area contributed by atoms with E-state index in [2.05, 4.69) is 40.6 Å². The molecule has 1 aromatic carbocycles. The second-order valence-electron chi connectivity index (χ2n) is 4.43. The Morgan fingerprint density at radius 3 is 2.56 bits per heavy atom. The molecule has 2 aromatic rings. The molecule has 0 aliphatic heterocycles. The summed E-state index contributed by atoms with van der Waals surface area (Å²) in [7, 11) is 1.97. The van der Waals surface area contributed by atoms with Gasteiger partial charge in [0.25, 0.3) is 0 Å². The minimum atomic E-state index is 0.950. The van der Waals surface area contributed by atoms with Crippen LogP contribution in [0.1, 0.15) is 17.7 Å². The molecule has 1 heterocycles. The molecular weight excluding hydrogens is 222 g/mol. The summed E-state index contributed by atoms with van der Waals surface area (Å²) < 4.78 is 0. The molecule has 94 valence electrons. The lowest BCUT2D eigenvalue weighted by Crippen LogP contribution is -2.09.